The third-order valence-corrected chi connectivity index (χ3v) is 3.00. The maximum absolute atomic E-state index is 11.0. The fourth-order valence-corrected chi connectivity index (χ4v) is 1.98. The SMILES string of the molecule is C=CC(=O)NC1CC(COc2ccccc2)C1. The standard InChI is InChI=1S/C14H17NO2/c1-2-14(16)15-12-8-11(9-12)10-17-13-6-4-3-5-7-13/h2-7,11-12H,1,8-10H2,(H,15,16). The quantitative estimate of drug-likeness (QED) is 0.788. The van der Waals surface area contributed by atoms with Crippen LogP contribution < -0.4 is 10.1 Å². The lowest BCUT2D eigenvalue weighted by molar-refractivity contribution is -0.118. The summed E-state index contributed by atoms with van der Waals surface area (Å²) >= 11 is 0. The van der Waals surface area contributed by atoms with Gasteiger partial charge in [0.2, 0.25) is 5.91 Å². The first-order valence-electron chi connectivity index (χ1n) is 5.88. The van der Waals surface area contributed by atoms with E-state index < -0.39 is 0 Å². The van der Waals surface area contributed by atoms with E-state index in [9.17, 15) is 4.79 Å². The van der Waals surface area contributed by atoms with Gasteiger partial charge in [0, 0.05) is 6.04 Å². The van der Waals surface area contributed by atoms with Crippen LogP contribution >= 0.6 is 0 Å². The van der Waals surface area contributed by atoms with Gasteiger partial charge >= 0.3 is 0 Å². The molecule has 1 fully saturated rings. The Bertz CT molecular complexity index is 382. The van der Waals surface area contributed by atoms with Gasteiger partial charge in [0.05, 0.1) is 6.61 Å². The molecule has 0 aromatic heterocycles. The van der Waals surface area contributed by atoms with E-state index in [1.165, 1.54) is 6.08 Å². The molecule has 0 bridgehead atoms. The van der Waals surface area contributed by atoms with Crippen molar-refractivity contribution >= 4 is 5.91 Å². The zero-order valence-corrected chi connectivity index (χ0v) is 9.76. The number of carbonyl (C=O) groups excluding carboxylic acids is 1. The zero-order valence-electron chi connectivity index (χ0n) is 9.76. The van der Waals surface area contributed by atoms with E-state index in [4.69, 9.17) is 4.74 Å². The summed E-state index contributed by atoms with van der Waals surface area (Å²) in [5, 5.41) is 2.88. The molecular formula is C14H17NO2. The van der Waals surface area contributed by atoms with Crippen molar-refractivity contribution in [2.75, 3.05) is 6.61 Å². The molecule has 3 heteroatoms. The van der Waals surface area contributed by atoms with E-state index in [1.54, 1.807) is 0 Å². The van der Waals surface area contributed by atoms with Crippen molar-refractivity contribution in [3.63, 3.8) is 0 Å². The number of hydrogen-bond acceptors (Lipinski definition) is 2. The molecule has 0 aliphatic heterocycles. The second-order valence-electron chi connectivity index (χ2n) is 4.37. The number of ether oxygens (including phenoxy) is 1. The Hall–Kier alpha value is -1.77. The monoisotopic (exact) mass is 231 g/mol. The molecule has 1 aliphatic carbocycles. The normalized spacial score (nSPS) is 22.4. The fraction of sp³-hybridized carbons (Fsp3) is 0.357. The van der Waals surface area contributed by atoms with E-state index in [-0.39, 0.29) is 5.91 Å². The van der Waals surface area contributed by atoms with Crippen molar-refractivity contribution < 1.29 is 9.53 Å². The van der Waals surface area contributed by atoms with Gasteiger partial charge in [0.25, 0.3) is 0 Å². The third-order valence-electron chi connectivity index (χ3n) is 3.00. The van der Waals surface area contributed by atoms with Crippen LogP contribution in [-0.4, -0.2) is 18.6 Å². The number of para-hydroxylation sites is 1. The van der Waals surface area contributed by atoms with Crippen LogP contribution in [0.1, 0.15) is 12.8 Å². The Balaban J connectivity index is 1.64. The summed E-state index contributed by atoms with van der Waals surface area (Å²) in [6.45, 7) is 4.16. The average Bonchev–Trinajstić information content (AvgIpc) is 2.32. The van der Waals surface area contributed by atoms with Crippen LogP contribution in [0.5, 0.6) is 5.75 Å². The minimum atomic E-state index is -0.0857. The van der Waals surface area contributed by atoms with Crippen LogP contribution in [0.15, 0.2) is 43.0 Å². The lowest BCUT2D eigenvalue weighted by atomic mass is 9.81. The van der Waals surface area contributed by atoms with Gasteiger partial charge in [-0.1, -0.05) is 24.8 Å². The predicted molar refractivity (Wildman–Crippen MR) is 66.8 cm³/mol. The van der Waals surface area contributed by atoms with Crippen molar-refractivity contribution in [2.45, 2.75) is 18.9 Å². The summed E-state index contributed by atoms with van der Waals surface area (Å²) < 4.78 is 5.66. The summed E-state index contributed by atoms with van der Waals surface area (Å²) in [4.78, 5) is 11.0. The van der Waals surface area contributed by atoms with Crippen LogP contribution in [0.4, 0.5) is 0 Å². The van der Waals surface area contributed by atoms with Gasteiger partial charge in [-0.05, 0) is 37.0 Å². The van der Waals surface area contributed by atoms with Crippen molar-refractivity contribution in [1.29, 1.82) is 0 Å². The predicted octanol–water partition coefficient (Wildman–Crippen LogP) is 2.15. The van der Waals surface area contributed by atoms with Crippen LogP contribution in [0.25, 0.3) is 0 Å². The first-order chi connectivity index (χ1) is 8.28. The molecule has 0 radical (unpaired) electrons. The second kappa shape index (κ2) is 5.53. The zero-order chi connectivity index (χ0) is 12.1. The highest BCUT2D eigenvalue weighted by Crippen LogP contribution is 2.28. The van der Waals surface area contributed by atoms with Gasteiger partial charge < -0.3 is 10.1 Å². The second-order valence-corrected chi connectivity index (χ2v) is 4.37. The van der Waals surface area contributed by atoms with Crippen LogP contribution in [0.3, 0.4) is 0 Å². The number of carbonyl (C=O) groups is 1. The van der Waals surface area contributed by atoms with Crippen molar-refractivity contribution in [2.24, 2.45) is 5.92 Å². The number of rotatable bonds is 5. The lowest BCUT2D eigenvalue weighted by Gasteiger charge is -2.35. The van der Waals surface area contributed by atoms with E-state index in [1.807, 2.05) is 30.3 Å². The maximum Gasteiger partial charge on any atom is 0.243 e. The summed E-state index contributed by atoms with van der Waals surface area (Å²) in [5.74, 6) is 1.37. The first-order valence-corrected chi connectivity index (χ1v) is 5.88. The summed E-state index contributed by atoms with van der Waals surface area (Å²) in [7, 11) is 0. The molecule has 3 nitrogen and oxygen atoms in total. The Morgan fingerprint density at radius 1 is 1.41 bits per heavy atom. The minimum absolute atomic E-state index is 0.0857. The number of hydrogen-bond donors (Lipinski definition) is 1. The first kappa shape index (κ1) is 11.7. The molecule has 1 aromatic carbocycles. The van der Waals surface area contributed by atoms with Gasteiger partial charge in [-0.25, -0.2) is 0 Å². The van der Waals surface area contributed by atoms with Crippen molar-refractivity contribution in [3.8, 4) is 5.75 Å². The average molecular weight is 231 g/mol. The Kier molecular flexibility index (Phi) is 3.81. The molecule has 1 amide bonds. The van der Waals surface area contributed by atoms with Crippen LogP contribution in [0.2, 0.25) is 0 Å². The molecule has 90 valence electrons. The molecule has 1 aromatic rings. The molecule has 0 spiro atoms. The highest BCUT2D eigenvalue weighted by molar-refractivity contribution is 5.87. The molecule has 2 rings (SSSR count). The highest BCUT2D eigenvalue weighted by atomic mass is 16.5. The van der Waals surface area contributed by atoms with Crippen LogP contribution in [-0.2, 0) is 4.79 Å². The third kappa shape index (κ3) is 3.34. The smallest absolute Gasteiger partial charge is 0.243 e. The topological polar surface area (TPSA) is 38.3 Å². The van der Waals surface area contributed by atoms with Gasteiger partial charge in [0.1, 0.15) is 5.75 Å². The molecular weight excluding hydrogens is 214 g/mol. The molecule has 0 unspecified atom stereocenters. The molecule has 1 aliphatic rings. The lowest BCUT2D eigenvalue weighted by Crippen LogP contribution is -2.45. The minimum Gasteiger partial charge on any atom is -0.493 e. The molecule has 1 saturated carbocycles. The van der Waals surface area contributed by atoms with Crippen LogP contribution in [0, 0.1) is 5.92 Å². The maximum atomic E-state index is 11.0. The van der Waals surface area contributed by atoms with Crippen molar-refractivity contribution in [3.05, 3.63) is 43.0 Å². The largest absolute Gasteiger partial charge is 0.493 e. The molecule has 0 atom stereocenters. The Morgan fingerprint density at radius 2 is 2.12 bits per heavy atom. The van der Waals surface area contributed by atoms with E-state index in [2.05, 4.69) is 11.9 Å². The molecule has 0 saturated heterocycles. The van der Waals surface area contributed by atoms with Crippen molar-refractivity contribution in [1.82, 2.24) is 5.32 Å². The van der Waals surface area contributed by atoms with Gasteiger partial charge in [-0.3, -0.25) is 4.79 Å². The number of nitrogens with one attached hydrogen (secondary N) is 1. The van der Waals surface area contributed by atoms with Gasteiger partial charge in [0.15, 0.2) is 0 Å². The van der Waals surface area contributed by atoms with E-state index in [0.717, 1.165) is 25.2 Å². The number of benzene rings is 1. The van der Waals surface area contributed by atoms with E-state index in [0.29, 0.717) is 12.0 Å². The van der Waals surface area contributed by atoms with Gasteiger partial charge in [-0.2, -0.15) is 0 Å². The Labute approximate surface area is 101 Å². The summed E-state index contributed by atoms with van der Waals surface area (Å²) in [6.07, 6.45) is 3.30. The van der Waals surface area contributed by atoms with E-state index >= 15 is 0 Å². The molecule has 1 N–H and O–H groups in total. The highest BCUT2D eigenvalue weighted by Gasteiger charge is 2.30. The molecule has 0 heterocycles. The fourth-order valence-electron chi connectivity index (χ4n) is 1.98. The van der Waals surface area contributed by atoms with Gasteiger partial charge in [-0.15, -0.1) is 0 Å². The number of amides is 1. The molecule has 17 heavy (non-hydrogen) atoms. The summed E-state index contributed by atoms with van der Waals surface area (Å²) in [6, 6.07) is 10.1. The summed E-state index contributed by atoms with van der Waals surface area (Å²) in [5.41, 5.74) is 0. The Morgan fingerprint density at radius 3 is 2.76 bits per heavy atom.